The van der Waals surface area contributed by atoms with E-state index in [9.17, 15) is 5.11 Å². The first-order valence-corrected chi connectivity index (χ1v) is 8.32. The highest BCUT2D eigenvalue weighted by Crippen LogP contribution is 2.33. The van der Waals surface area contributed by atoms with Crippen molar-refractivity contribution >= 4 is 0 Å². The summed E-state index contributed by atoms with van der Waals surface area (Å²) in [6.07, 6.45) is 0. The van der Waals surface area contributed by atoms with E-state index in [0.29, 0.717) is 6.54 Å². The number of nitrogens with one attached hydrogen (secondary N) is 1. The standard InChI is InChI=1S/C22H23NO/c1-18(23-17-19-11-5-2-6-12-19)22(24,20-13-7-3-8-14-20)21-15-9-4-10-16-21/h2-16,18,23-24H,17H2,1H3. The molecular weight excluding hydrogens is 294 g/mol. The SMILES string of the molecule is CC(NCc1ccccc1)C(O)(c1ccccc1)c1ccccc1. The summed E-state index contributed by atoms with van der Waals surface area (Å²) in [7, 11) is 0. The summed E-state index contributed by atoms with van der Waals surface area (Å²) < 4.78 is 0. The molecule has 0 aromatic heterocycles. The fourth-order valence-electron chi connectivity index (χ4n) is 3.07. The second kappa shape index (κ2) is 7.43. The van der Waals surface area contributed by atoms with E-state index in [-0.39, 0.29) is 6.04 Å². The molecule has 0 amide bonds. The fourth-order valence-corrected chi connectivity index (χ4v) is 3.07. The zero-order chi connectivity index (χ0) is 16.8. The van der Waals surface area contributed by atoms with Crippen LogP contribution >= 0.6 is 0 Å². The molecule has 0 saturated heterocycles. The van der Waals surface area contributed by atoms with E-state index >= 15 is 0 Å². The van der Waals surface area contributed by atoms with Crippen LogP contribution in [0.5, 0.6) is 0 Å². The molecule has 0 fully saturated rings. The van der Waals surface area contributed by atoms with E-state index in [4.69, 9.17) is 0 Å². The van der Waals surface area contributed by atoms with Gasteiger partial charge in [0, 0.05) is 12.6 Å². The van der Waals surface area contributed by atoms with Crippen LogP contribution in [0.1, 0.15) is 23.6 Å². The van der Waals surface area contributed by atoms with Crippen molar-refractivity contribution in [1.82, 2.24) is 5.32 Å². The van der Waals surface area contributed by atoms with Crippen molar-refractivity contribution < 1.29 is 5.11 Å². The summed E-state index contributed by atoms with van der Waals surface area (Å²) in [5, 5.41) is 15.1. The van der Waals surface area contributed by atoms with Crippen molar-refractivity contribution in [3.05, 3.63) is 108 Å². The van der Waals surface area contributed by atoms with E-state index in [0.717, 1.165) is 11.1 Å². The molecule has 24 heavy (non-hydrogen) atoms. The van der Waals surface area contributed by atoms with E-state index in [1.165, 1.54) is 5.56 Å². The summed E-state index contributed by atoms with van der Waals surface area (Å²) in [6, 6.07) is 29.8. The Kier molecular flexibility index (Phi) is 5.09. The molecule has 0 spiro atoms. The first-order chi connectivity index (χ1) is 11.7. The van der Waals surface area contributed by atoms with Crippen LogP contribution in [-0.4, -0.2) is 11.1 Å². The Bertz CT molecular complexity index is 701. The summed E-state index contributed by atoms with van der Waals surface area (Å²) in [4.78, 5) is 0. The molecule has 122 valence electrons. The lowest BCUT2D eigenvalue weighted by molar-refractivity contribution is 0.0431. The lowest BCUT2D eigenvalue weighted by atomic mass is 9.80. The monoisotopic (exact) mass is 317 g/mol. The second-order valence-electron chi connectivity index (χ2n) is 6.09. The Morgan fingerprint density at radius 2 is 1.17 bits per heavy atom. The van der Waals surface area contributed by atoms with E-state index in [2.05, 4.69) is 17.4 Å². The summed E-state index contributed by atoms with van der Waals surface area (Å²) in [5.41, 5.74) is 1.90. The van der Waals surface area contributed by atoms with Gasteiger partial charge < -0.3 is 10.4 Å². The number of rotatable bonds is 6. The van der Waals surface area contributed by atoms with Crippen LogP contribution in [0.4, 0.5) is 0 Å². The Labute approximate surface area is 143 Å². The fraction of sp³-hybridized carbons (Fsp3) is 0.182. The van der Waals surface area contributed by atoms with Gasteiger partial charge >= 0.3 is 0 Å². The quantitative estimate of drug-likeness (QED) is 0.717. The van der Waals surface area contributed by atoms with Crippen LogP contribution < -0.4 is 5.32 Å². The van der Waals surface area contributed by atoms with Gasteiger partial charge in [-0.1, -0.05) is 91.0 Å². The van der Waals surface area contributed by atoms with Gasteiger partial charge in [-0.2, -0.15) is 0 Å². The van der Waals surface area contributed by atoms with Gasteiger partial charge in [-0.15, -0.1) is 0 Å². The average molecular weight is 317 g/mol. The highest BCUT2D eigenvalue weighted by molar-refractivity contribution is 5.38. The van der Waals surface area contributed by atoms with Gasteiger partial charge in [0.15, 0.2) is 0 Å². The van der Waals surface area contributed by atoms with Crippen LogP contribution in [0.15, 0.2) is 91.0 Å². The molecule has 3 rings (SSSR count). The predicted molar refractivity (Wildman–Crippen MR) is 98.6 cm³/mol. The number of hydrogen-bond acceptors (Lipinski definition) is 2. The van der Waals surface area contributed by atoms with Crippen molar-refractivity contribution in [2.75, 3.05) is 0 Å². The smallest absolute Gasteiger partial charge is 0.130 e. The maximum absolute atomic E-state index is 11.6. The van der Waals surface area contributed by atoms with Gasteiger partial charge in [-0.25, -0.2) is 0 Å². The minimum atomic E-state index is -1.09. The Balaban J connectivity index is 1.90. The summed E-state index contributed by atoms with van der Waals surface area (Å²) >= 11 is 0. The normalized spacial score (nSPS) is 12.8. The van der Waals surface area contributed by atoms with Crippen LogP contribution in [0.25, 0.3) is 0 Å². The van der Waals surface area contributed by atoms with E-state index in [1.54, 1.807) is 0 Å². The molecule has 0 radical (unpaired) electrons. The zero-order valence-corrected chi connectivity index (χ0v) is 13.9. The first-order valence-electron chi connectivity index (χ1n) is 8.32. The molecule has 0 saturated carbocycles. The third kappa shape index (κ3) is 3.40. The molecule has 0 aliphatic rings. The van der Waals surface area contributed by atoms with Crippen molar-refractivity contribution in [3.63, 3.8) is 0 Å². The largest absolute Gasteiger partial charge is 0.379 e. The maximum atomic E-state index is 11.6. The molecule has 0 aliphatic carbocycles. The molecule has 1 atom stereocenters. The molecule has 0 bridgehead atoms. The molecule has 0 heterocycles. The molecular formula is C22H23NO. The molecule has 2 N–H and O–H groups in total. The number of benzene rings is 3. The second-order valence-corrected chi connectivity index (χ2v) is 6.09. The van der Waals surface area contributed by atoms with Crippen LogP contribution in [0, 0.1) is 0 Å². The Hall–Kier alpha value is -2.42. The lowest BCUT2D eigenvalue weighted by Gasteiger charge is -2.36. The molecule has 3 aromatic rings. The van der Waals surface area contributed by atoms with Crippen LogP contribution in [0.2, 0.25) is 0 Å². The molecule has 1 unspecified atom stereocenters. The van der Waals surface area contributed by atoms with Gasteiger partial charge in [-0.3, -0.25) is 0 Å². The minimum absolute atomic E-state index is 0.150. The van der Waals surface area contributed by atoms with Crippen LogP contribution in [0.3, 0.4) is 0 Å². The van der Waals surface area contributed by atoms with Crippen molar-refractivity contribution in [2.24, 2.45) is 0 Å². The zero-order valence-electron chi connectivity index (χ0n) is 13.9. The maximum Gasteiger partial charge on any atom is 0.130 e. The van der Waals surface area contributed by atoms with Gasteiger partial charge in [0.2, 0.25) is 0 Å². The predicted octanol–water partition coefficient (Wildman–Crippen LogP) is 4.10. The minimum Gasteiger partial charge on any atom is -0.379 e. The van der Waals surface area contributed by atoms with Crippen LogP contribution in [-0.2, 0) is 12.1 Å². The molecule has 0 aliphatic heterocycles. The van der Waals surface area contributed by atoms with Gasteiger partial charge in [0.25, 0.3) is 0 Å². The third-order valence-corrected chi connectivity index (χ3v) is 4.51. The Morgan fingerprint density at radius 1 is 0.750 bits per heavy atom. The number of hydrogen-bond donors (Lipinski definition) is 2. The lowest BCUT2D eigenvalue weighted by Crippen LogP contribution is -2.47. The highest BCUT2D eigenvalue weighted by atomic mass is 16.3. The van der Waals surface area contributed by atoms with Gasteiger partial charge in [-0.05, 0) is 23.6 Å². The molecule has 2 heteroatoms. The van der Waals surface area contributed by atoms with Gasteiger partial charge in [0.1, 0.15) is 5.60 Å². The third-order valence-electron chi connectivity index (χ3n) is 4.51. The first kappa shape index (κ1) is 16.4. The topological polar surface area (TPSA) is 32.3 Å². The highest BCUT2D eigenvalue weighted by Gasteiger charge is 2.37. The Morgan fingerprint density at radius 3 is 1.62 bits per heavy atom. The van der Waals surface area contributed by atoms with Gasteiger partial charge in [0.05, 0.1) is 0 Å². The summed E-state index contributed by atoms with van der Waals surface area (Å²) in [5.74, 6) is 0. The molecule has 3 aromatic carbocycles. The van der Waals surface area contributed by atoms with Crippen molar-refractivity contribution in [2.45, 2.75) is 25.1 Å². The van der Waals surface area contributed by atoms with Crippen molar-refractivity contribution in [1.29, 1.82) is 0 Å². The molecule has 2 nitrogen and oxygen atoms in total. The summed E-state index contributed by atoms with van der Waals surface area (Å²) in [6.45, 7) is 2.74. The van der Waals surface area contributed by atoms with Crippen molar-refractivity contribution in [3.8, 4) is 0 Å². The number of aliphatic hydroxyl groups is 1. The average Bonchev–Trinajstić information content (AvgIpc) is 2.67. The van der Waals surface area contributed by atoms with E-state index in [1.807, 2.05) is 85.8 Å². The van der Waals surface area contributed by atoms with E-state index < -0.39 is 5.60 Å².